The van der Waals surface area contributed by atoms with Gasteiger partial charge in [-0.05, 0) is 30.6 Å². The zero-order chi connectivity index (χ0) is 9.80. The minimum atomic E-state index is 0.359. The van der Waals surface area contributed by atoms with Crippen LogP contribution in [0.3, 0.4) is 0 Å². The van der Waals surface area contributed by atoms with Gasteiger partial charge in [-0.25, -0.2) is 0 Å². The van der Waals surface area contributed by atoms with Gasteiger partial charge in [-0.2, -0.15) is 0 Å². The molecule has 0 aromatic carbocycles. The van der Waals surface area contributed by atoms with Crippen molar-refractivity contribution < 1.29 is 9.84 Å². The van der Waals surface area contributed by atoms with Gasteiger partial charge >= 0.3 is 0 Å². The van der Waals surface area contributed by atoms with Crippen LogP contribution >= 0.6 is 0 Å². The summed E-state index contributed by atoms with van der Waals surface area (Å²) in [5.41, 5.74) is 0. The Labute approximate surface area is 86.6 Å². The van der Waals surface area contributed by atoms with Gasteiger partial charge in [0.15, 0.2) is 0 Å². The number of hydrogen-bond acceptors (Lipinski definition) is 2. The topological polar surface area (TPSA) is 29.5 Å². The number of rotatable bonds is 4. The van der Waals surface area contributed by atoms with Gasteiger partial charge in [-0.3, -0.25) is 0 Å². The number of ether oxygens (including phenoxy) is 1. The van der Waals surface area contributed by atoms with Crippen LogP contribution in [0, 0.1) is 17.8 Å². The molecule has 0 spiro atoms. The van der Waals surface area contributed by atoms with E-state index < -0.39 is 0 Å². The SMILES string of the molecule is OCCC(C1CCCC1)C1CCOC1. The van der Waals surface area contributed by atoms with Crippen molar-refractivity contribution in [1.82, 2.24) is 0 Å². The van der Waals surface area contributed by atoms with Gasteiger partial charge in [0.2, 0.25) is 0 Å². The Kier molecular flexibility index (Phi) is 3.82. The van der Waals surface area contributed by atoms with Crippen molar-refractivity contribution >= 4 is 0 Å². The van der Waals surface area contributed by atoms with E-state index in [9.17, 15) is 0 Å². The molecular formula is C12H22O2. The fraction of sp³-hybridized carbons (Fsp3) is 1.00. The van der Waals surface area contributed by atoms with E-state index in [1.165, 1.54) is 32.1 Å². The Hall–Kier alpha value is -0.0800. The van der Waals surface area contributed by atoms with Gasteiger partial charge in [-0.15, -0.1) is 0 Å². The highest BCUT2D eigenvalue weighted by molar-refractivity contribution is 4.82. The molecule has 2 heteroatoms. The second-order valence-corrected chi connectivity index (χ2v) is 4.84. The predicted molar refractivity (Wildman–Crippen MR) is 56.1 cm³/mol. The molecule has 2 rings (SSSR count). The zero-order valence-corrected chi connectivity index (χ0v) is 8.95. The summed E-state index contributed by atoms with van der Waals surface area (Å²) in [7, 11) is 0. The van der Waals surface area contributed by atoms with Gasteiger partial charge < -0.3 is 9.84 Å². The standard InChI is InChI=1S/C12H22O2/c13-7-5-12(10-3-1-2-4-10)11-6-8-14-9-11/h10-13H,1-9H2. The van der Waals surface area contributed by atoms with Crippen molar-refractivity contribution in [3.05, 3.63) is 0 Å². The summed E-state index contributed by atoms with van der Waals surface area (Å²) in [5.74, 6) is 2.36. The molecular weight excluding hydrogens is 176 g/mol. The Bertz CT molecular complexity index is 142. The van der Waals surface area contributed by atoms with Crippen molar-refractivity contribution in [2.75, 3.05) is 19.8 Å². The van der Waals surface area contributed by atoms with Crippen LogP contribution in [0.5, 0.6) is 0 Å². The molecule has 1 aliphatic heterocycles. The van der Waals surface area contributed by atoms with Gasteiger partial charge in [0.1, 0.15) is 0 Å². The average molecular weight is 198 g/mol. The highest BCUT2D eigenvalue weighted by Gasteiger charge is 2.32. The third-order valence-electron chi connectivity index (χ3n) is 4.04. The fourth-order valence-corrected chi connectivity index (χ4v) is 3.28. The highest BCUT2D eigenvalue weighted by Crippen LogP contribution is 2.39. The highest BCUT2D eigenvalue weighted by atomic mass is 16.5. The average Bonchev–Trinajstić information content (AvgIpc) is 2.87. The van der Waals surface area contributed by atoms with E-state index in [0.717, 1.165) is 37.4 Å². The van der Waals surface area contributed by atoms with Crippen LogP contribution in [0.1, 0.15) is 38.5 Å². The first-order chi connectivity index (χ1) is 6.92. The van der Waals surface area contributed by atoms with Crippen LogP contribution in [-0.2, 0) is 4.74 Å². The molecule has 0 aromatic rings. The molecule has 1 saturated carbocycles. The molecule has 2 unspecified atom stereocenters. The van der Waals surface area contributed by atoms with Crippen LogP contribution in [-0.4, -0.2) is 24.9 Å². The fourth-order valence-electron chi connectivity index (χ4n) is 3.28. The second kappa shape index (κ2) is 5.13. The van der Waals surface area contributed by atoms with Gasteiger partial charge in [0.05, 0.1) is 0 Å². The molecule has 0 radical (unpaired) electrons. The second-order valence-electron chi connectivity index (χ2n) is 4.84. The first-order valence-electron chi connectivity index (χ1n) is 6.10. The molecule has 1 aliphatic carbocycles. The van der Waals surface area contributed by atoms with Crippen molar-refractivity contribution in [1.29, 1.82) is 0 Å². The van der Waals surface area contributed by atoms with E-state index in [1.807, 2.05) is 0 Å². The minimum absolute atomic E-state index is 0.359. The molecule has 1 N–H and O–H groups in total. The Morgan fingerprint density at radius 2 is 1.93 bits per heavy atom. The maximum absolute atomic E-state index is 9.12. The van der Waals surface area contributed by atoms with Crippen LogP contribution in [0.15, 0.2) is 0 Å². The van der Waals surface area contributed by atoms with Crippen LogP contribution < -0.4 is 0 Å². The molecule has 1 saturated heterocycles. The third kappa shape index (κ3) is 2.29. The molecule has 0 bridgehead atoms. The van der Waals surface area contributed by atoms with E-state index in [4.69, 9.17) is 9.84 Å². The minimum Gasteiger partial charge on any atom is -0.396 e. The molecule has 2 nitrogen and oxygen atoms in total. The van der Waals surface area contributed by atoms with Crippen molar-refractivity contribution in [2.45, 2.75) is 38.5 Å². The van der Waals surface area contributed by atoms with Gasteiger partial charge in [-0.1, -0.05) is 25.7 Å². The zero-order valence-electron chi connectivity index (χ0n) is 8.95. The number of aliphatic hydroxyl groups excluding tert-OH is 1. The van der Waals surface area contributed by atoms with Crippen molar-refractivity contribution in [3.8, 4) is 0 Å². The molecule has 2 fully saturated rings. The lowest BCUT2D eigenvalue weighted by molar-refractivity contribution is 0.132. The summed E-state index contributed by atoms with van der Waals surface area (Å²) in [6, 6.07) is 0. The summed E-state index contributed by atoms with van der Waals surface area (Å²) in [6.45, 7) is 2.25. The summed E-state index contributed by atoms with van der Waals surface area (Å²) in [6.07, 6.45) is 7.81. The predicted octanol–water partition coefficient (Wildman–Crippen LogP) is 2.21. The Morgan fingerprint density at radius 3 is 2.50 bits per heavy atom. The van der Waals surface area contributed by atoms with E-state index in [2.05, 4.69) is 0 Å². The lowest BCUT2D eigenvalue weighted by atomic mass is 9.78. The quantitative estimate of drug-likeness (QED) is 0.750. The van der Waals surface area contributed by atoms with E-state index in [1.54, 1.807) is 0 Å². The molecule has 0 amide bonds. The molecule has 2 atom stereocenters. The summed E-state index contributed by atoms with van der Waals surface area (Å²) >= 11 is 0. The van der Waals surface area contributed by atoms with Crippen LogP contribution in [0.4, 0.5) is 0 Å². The normalized spacial score (nSPS) is 31.1. The lowest BCUT2D eigenvalue weighted by Gasteiger charge is -2.27. The summed E-state index contributed by atoms with van der Waals surface area (Å²) in [5, 5.41) is 9.12. The molecule has 2 aliphatic rings. The molecule has 0 aromatic heterocycles. The van der Waals surface area contributed by atoms with Crippen LogP contribution in [0.25, 0.3) is 0 Å². The van der Waals surface area contributed by atoms with Gasteiger partial charge in [0.25, 0.3) is 0 Å². The van der Waals surface area contributed by atoms with Crippen molar-refractivity contribution in [2.24, 2.45) is 17.8 Å². The van der Waals surface area contributed by atoms with Crippen LogP contribution in [0.2, 0.25) is 0 Å². The summed E-state index contributed by atoms with van der Waals surface area (Å²) < 4.78 is 5.46. The van der Waals surface area contributed by atoms with Gasteiger partial charge in [0, 0.05) is 19.8 Å². The first kappa shape index (κ1) is 10.4. The summed E-state index contributed by atoms with van der Waals surface area (Å²) in [4.78, 5) is 0. The first-order valence-corrected chi connectivity index (χ1v) is 6.10. The monoisotopic (exact) mass is 198 g/mol. The largest absolute Gasteiger partial charge is 0.396 e. The molecule has 14 heavy (non-hydrogen) atoms. The smallest absolute Gasteiger partial charge is 0.0497 e. The lowest BCUT2D eigenvalue weighted by Crippen LogP contribution is -2.23. The maximum atomic E-state index is 9.12. The third-order valence-corrected chi connectivity index (χ3v) is 4.04. The van der Waals surface area contributed by atoms with E-state index in [0.29, 0.717) is 6.61 Å². The van der Waals surface area contributed by atoms with E-state index in [-0.39, 0.29) is 0 Å². The maximum Gasteiger partial charge on any atom is 0.0497 e. The number of hydrogen-bond donors (Lipinski definition) is 1. The van der Waals surface area contributed by atoms with E-state index >= 15 is 0 Å². The molecule has 82 valence electrons. The Balaban J connectivity index is 1.91. The Morgan fingerprint density at radius 1 is 1.14 bits per heavy atom. The van der Waals surface area contributed by atoms with Crippen molar-refractivity contribution in [3.63, 3.8) is 0 Å². The molecule has 1 heterocycles. The number of aliphatic hydroxyl groups is 1.